The number of hydrogen-bond donors (Lipinski definition) is 3. The van der Waals surface area contributed by atoms with E-state index in [0.717, 1.165) is 12.8 Å². The highest BCUT2D eigenvalue weighted by Crippen LogP contribution is 2.04. The SMILES string of the molecule is CCCCCC.CCCCCCC(N)C(N)N. The summed E-state index contributed by atoms with van der Waals surface area (Å²) >= 11 is 0. The van der Waals surface area contributed by atoms with Gasteiger partial charge in [0, 0.05) is 6.04 Å². The summed E-state index contributed by atoms with van der Waals surface area (Å²) in [6.45, 7) is 6.65. The van der Waals surface area contributed by atoms with Gasteiger partial charge in [-0.15, -0.1) is 0 Å². The van der Waals surface area contributed by atoms with E-state index in [4.69, 9.17) is 17.2 Å². The Morgan fingerprint density at radius 1 is 0.647 bits per heavy atom. The molecule has 1 atom stereocenters. The van der Waals surface area contributed by atoms with Crippen molar-refractivity contribution >= 4 is 0 Å². The Kier molecular flexibility index (Phi) is 18.0. The van der Waals surface area contributed by atoms with E-state index in [-0.39, 0.29) is 12.2 Å². The second-order valence-corrected chi connectivity index (χ2v) is 4.80. The van der Waals surface area contributed by atoms with Gasteiger partial charge in [-0.1, -0.05) is 72.1 Å². The smallest absolute Gasteiger partial charge is 0.0677 e. The zero-order chi connectivity index (χ0) is 13.5. The van der Waals surface area contributed by atoms with E-state index in [1.807, 2.05) is 0 Å². The molecular weight excluding hydrogens is 210 g/mol. The highest BCUT2D eigenvalue weighted by Gasteiger charge is 2.06. The molecular formula is C14H35N3. The first-order valence-corrected chi connectivity index (χ1v) is 7.36. The first-order valence-electron chi connectivity index (χ1n) is 7.36. The molecule has 0 aliphatic carbocycles. The second-order valence-electron chi connectivity index (χ2n) is 4.80. The molecule has 17 heavy (non-hydrogen) atoms. The lowest BCUT2D eigenvalue weighted by atomic mass is 10.1. The summed E-state index contributed by atoms with van der Waals surface area (Å²) < 4.78 is 0. The van der Waals surface area contributed by atoms with E-state index < -0.39 is 0 Å². The first kappa shape index (κ1) is 19.2. The number of unbranched alkanes of at least 4 members (excludes halogenated alkanes) is 6. The van der Waals surface area contributed by atoms with Crippen molar-refractivity contribution in [1.29, 1.82) is 0 Å². The predicted molar refractivity (Wildman–Crippen MR) is 78.7 cm³/mol. The minimum Gasteiger partial charge on any atom is -0.325 e. The van der Waals surface area contributed by atoms with Crippen LogP contribution >= 0.6 is 0 Å². The molecule has 1 unspecified atom stereocenters. The third-order valence-corrected chi connectivity index (χ3v) is 2.84. The molecule has 3 nitrogen and oxygen atoms in total. The van der Waals surface area contributed by atoms with Crippen molar-refractivity contribution in [2.45, 2.75) is 90.8 Å². The molecule has 0 bridgehead atoms. The van der Waals surface area contributed by atoms with Crippen LogP contribution in [0.3, 0.4) is 0 Å². The highest BCUT2D eigenvalue weighted by atomic mass is 14.9. The average Bonchev–Trinajstić information content (AvgIpc) is 2.32. The van der Waals surface area contributed by atoms with Crippen LogP contribution in [0.1, 0.15) is 78.6 Å². The molecule has 0 aliphatic heterocycles. The van der Waals surface area contributed by atoms with Gasteiger partial charge in [0.15, 0.2) is 0 Å². The Labute approximate surface area is 109 Å². The molecule has 0 fully saturated rings. The predicted octanol–water partition coefficient (Wildman–Crippen LogP) is 3.11. The average molecular weight is 245 g/mol. The van der Waals surface area contributed by atoms with Crippen LogP contribution < -0.4 is 17.2 Å². The van der Waals surface area contributed by atoms with Gasteiger partial charge < -0.3 is 17.2 Å². The Morgan fingerprint density at radius 3 is 1.41 bits per heavy atom. The first-order chi connectivity index (χ1) is 8.09. The molecule has 6 N–H and O–H groups in total. The van der Waals surface area contributed by atoms with E-state index in [1.54, 1.807) is 0 Å². The molecule has 0 aromatic carbocycles. The van der Waals surface area contributed by atoms with Crippen molar-refractivity contribution in [3.63, 3.8) is 0 Å². The van der Waals surface area contributed by atoms with Crippen molar-refractivity contribution in [2.75, 3.05) is 0 Å². The number of hydrogen-bond acceptors (Lipinski definition) is 3. The van der Waals surface area contributed by atoms with Gasteiger partial charge in [-0.3, -0.25) is 0 Å². The summed E-state index contributed by atoms with van der Waals surface area (Å²) in [5, 5.41) is 0. The van der Waals surface area contributed by atoms with Crippen LogP contribution in [0.2, 0.25) is 0 Å². The summed E-state index contributed by atoms with van der Waals surface area (Å²) in [4.78, 5) is 0. The van der Waals surface area contributed by atoms with Crippen LogP contribution in [-0.2, 0) is 0 Å². The van der Waals surface area contributed by atoms with Gasteiger partial charge in [-0.05, 0) is 6.42 Å². The Morgan fingerprint density at radius 2 is 1.06 bits per heavy atom. The molecule has 0 aromatic heterocycles. The zero-order valence-electron chi connectivity index (χ0n) is 12.3. The quantitative estimate of drug-likeness (QED) is 0.431. The molecule has 0 saturated carbocycles. The molecule has 0 aliphatic rings. The van der Waals surface area contributed by atoms with Crippen molar-refractivity contribution in [3.8, 4) is 0 Å². The van der Waals surface area contributed by atoms with E-state index in [9.17, 15) is 0 Å². The van der Waals surface area contributed by atoms with E-state index in [0.29, 0.717) is 0 Å². The van der Waals surface area contributed by atoms with Gasteiger partial charge in [-0.2, -0.15) is 0 Å². The number of rotatable bonds is 9. The molecule has 0 rings (SSSR count). The zero-order valence-corrected chi connectivity index (χ0v) is 12.3. The lowest BCUT2D eigenvalue weighted by Crippen LogP contribution is -2.47. The minimum atomic E-state index is -0.350. The van der Waals surface area contributed by atoms with Crippen molar-refractivity contribution < 1.29 is 0 Å². The summed E-state index contributed by atoms with van der Waals surface area (Å²) in [6.07, 6.45) is 11.1. The van der Waals surface area contributed by atoms with E-state index >= 15 is 0 Å². The Bertz CT molecular complexity index is 123. The van der Waals surface area contributed by atoms with Gasteiger partial charge in [0.1, 0.15) is 0 Å². The lowest BCUT2D eigenvalue weighted by molar-refractivity contribution is 0.478. The van der Waals surface area contributed by atoms with E-state index in [2.05, 4.69) is 20.8 Å². The fourth-order valence-electron chi connectivity index (χ4n) is 1.50. The molecule has 0 saturated heterocycles. The maximum absolute atomic E-state index is 5.65. The summed E-state index contributed by atoms with van der Waals surface area (Å²) in [7, 11) is 0. The highest BCUT2D eigenvalue weighted by molar-refractivity contribution is 4.69. The summed E-state index contributed by atoms with van der Waals surface area (Å²) in [6, 6.07) is -0.0214. The maximum atomic E-state index is 5.65. The van der Waals surface area contributed by atoms with Gasteiger partial charge in [-0.25, -0.2) is 0 Å². The molecule has 3 heteroatoms. The van der Waals surface area contributed by atoms with Gasteiger partial charge in [0.25, 0.3) is 0 Å². The van der Waals surface area contributed by atoms with Crippen molar-refractivity contribution in [3.05, 3.63) is 0 Å². The summed E-state index contributed by atoms with van der Waals surface area (Å²) in [5.74, 6) is 0. The van der Waals surface area contributed by atoms with Gasteiger partial charge in [0.2, 0.25) is 0 Å². The van der Waals surface area contributed by atoms with Crippen LogP contribution in [0.25, 0.3) is 0 Å². The fraction of sp³-hybridized carbons (Fsp3) is 1.00. The van der Waals surface area contributed by atoms with Crippen molar-refractivity contribution in [2.24, 2.45) is 17.2 Å². The Hall–Kier alpha value is -0.120. The molecule has 106 valence electrons. The fourth-order valence-corrected chi connectivity index (χ4v) is 1.50. The van der Waals surface area contributed by atoms with Crippen LogP contribution in [0.15, 0.2) is 0 Å². The standard InChI is InChI=1S/C8H21N3.C6H14/c1-2-3-4-5-6-7(9)8(10)11;1-3-5-6-4-2/h7-8H,2-6,9-11H2,1H3;3-6H2,1-2H3. The topological polar surface area (TPSA) is 78.1 Å². The lowest BCUT2D eigenvalue weighted by Gasteiger charge is -2.14. The van der Waals surface area contributed by atoms with Crippen LogP contribution in [0.5, 0.6) is 0 Å². The normalized spacial score (nSPS) is 12.2. The number of nitrogens with two attached hydrogens (primary N) is 3. The molecule has 0 aromatic rings. The third-order valence-electron chi connectivity index (χ3n) is 2.84. The van der Waals surface area contributed by atoms with Crippen LogP contribution in [0.4, 0.5) is 0 Å². The van der Waals surface area contributed by atoms with Crippen LogP contribution in [0, 0.1) is 0 Å². The van der Waals surface area contributed by atoms with E-state index in [1.165, 1.54) is 44.9 Å². The van der Waals surface area contributed by atoms with Crippen LogP contribution in [-0.4, -0.2) is 12.2 Å². The molecule has 0 amide bonds. The molecule has 0 radical (unpaired) electrons. The van der Waals surface area contributed by atoms with Gasteiger partial charge in [0.05, 0.1) is 6.17 Å². The third kappa shape index (κ3) is 18.4. The summed E-state index contributed by atoms with van der Waals surface area (Å²) in [5.41, 5.74) is 16.5. The second kappa shape index (κ2) is 15.9. The van der Waals surface area contributed by atoms with Crippen molar-refractivity contribution in [1.82, 2.24) is 0 Å². The molecule has 0 heterocycles. The monoisotopic (exact) mass is 245 g/mol. The maximum Gasteiger partial charge on any atom is 0.0677 e. The van der Waals surface area contributed by atoms with Gasteiger partial charge >= 0.3 is 0 Å². The molecule has 0 spiro atoms. The Balaban J connectivity index is 0. The largest absolute Gasteiger partial charge is 0.325 e. The minimum absolute atomic E-state index is 0.0214.